The summed E-state index contributed by atoms with van der Waals surface area (Å²) >= 11 is 1.56. The van der Waals surface area contributed by atoms with Crippen LogP contribution in [0.4, 0.5) is 0 Å². The van der Waals surface area contributed by atoms with E-state index in [4.69, 9.17) is 0 Å². The summed E-state index contributed by atoms with van der Waals surface area (Å²) in [7, 11) is 0. The van der Waals surface area contributed by atoms with Gasteiger partial charge in [0.25, 0.3) is 5.91 Å². The van der Waals surface area contributed by atoms with Crippen molar-refractivity contribution in [2.45, 2.75) is 33.2 Å². The molecule has 0 fully saturated rings. The third kappa shape index (κ3) is 4.27. The fraction of sp³-hybridized carbons (Fsp3) is 0.208. The van der Waals surface area contributed by atoms with Crippen molar-refractivity contribution < 1.29 is 4.79 Å². The van der Waals surface area contributed by atoms with Gasteiger partial charge in [-0.3, -0.25) is 9.20 Å². The summed E-state index contributed by atoms with van der Waals surface area (Å²) in [4.78, 5) is 18.6. The number of thiazole rings is 1. The van der Waals surface area contributed by atoms with E-state index in [9.17, 15) is 4.79 Å². The lowest BCUT2D eigenvalue weighted by atomic mass is 10.0. The van der Waals surface area contributed by atoms with Gasteiger partial charge in [-0.25, -0.2) is 4.98 Å². The molecule has 8 nitrogen and oxygen atoms in total. The number of nitrogens with one attached hydrogen (secondary N) is 1. The predicted molar refractivity (Wildman–Crippen MR) is 128 cm³/mol. The maximum atomic E-state index is 13.1. The molecule has 0 saturated heterocycles. The zero-order valence-corrected chi connectivity index (χ0v) is 19.4. The van der Waals surface area contributed by atoms with Gasteiger partial charge in [-0.05, 0) is 46.7 Å². The predicted octanol–water partition coefficient (Wildman–Crippen LogP) is 4.40. The standard InChI is InChI=1S/C24H23N7OS/c1-15(2)22-27-28-29-31(22)21-11-18(17-6-4-16(3)5-7-17)10-19(12-21)23(32)25-13-20-14-30-8-9-33-24(30)26-20/h4-12,14-15H,13H2,1-3H3,(H,25,32). The Balaban J connectivity index is 1.50. The van der Waals surface area contributed by atoms with Crippen molar-refractivity contribution in [2.24, 2.45) is 0 Å². The molecule has 0 aliphatic rings. The van der Waals surface area contributed by atoms with Gasteiger partial charge in [0.05, 0.1) is 17.9 Å². The van der Waals surface area contributed by atoms with Crippen molar-refractivity contribution >= 4 is 22.2 Å². The number of aryl methyl sites for hydroxylation is 1. The molecule has 3 heterocycles. The molecule has 0 saturated carbocycles. The van der Waals surface area contributed by atoms with Crippen LogP contribution in [0.2, 0.25) is 0 Å². The van der Waals surface area contributed by atoms with Crippen molar-refractivity contribution in [3.8, 4) is 16.8 Å². The minimum Gasteiger partial charge on any atom is -0.346 e. The van der Waals surface area contributed by atoms with E-state index in [-0.39, 0.29) is 11.8 Å². The second-order valence-corrected chi connectivity index (χ2v) is 9.12. The smallest absolute Gasteiger partial charge is 0.251 e. The molecule has 5 rings (SSSR count). The van der Waals surface area contributed by atoms with E-state index in [1.165, 1.54) is 5.56 Å². The Labute approximate surface area is 194 Å². The van der Waals surface area contributed by atoms with Gasteiger partial charge < -0.3 is 5.32 Å². The maximum absolute atomic E-state index is 13.1. The average Bonchev–Trinajstić information content (AvgIpc) is 3.54. The number of fused-ring (bicyclic) bond motifs is 1. The van der Waals surface area contributed by atoms with Gasteiger partial charge in [0.15, 0.2) is 10.8 Å². The van der Waals surface area contributed by atoms with Crippen LogP contribution < -0.4 is 5.32 Å². The number of carbonyl (C=O) groups excluding carboxylic acids is 1. The highest BCUT2D eigenvalue weighted by atomic mass is 32.1. The summed E-state index contributed by atoms with van der Waals surface area (Å²) in [5, 5.41) is 17.2. The second-order valence-electron chi connectivity index (χ2n) is 8.25. The van der Waals surface area contributed by atoms with Crippen LogP contribution >= 0.6 is 11.3 Å². The molecular weight excluding hydrogens is 434 g/mol. The number of nitrogens with zero attached hydrogens (tertiary/aromatic N) is 6. The molecule has 166 valence electrons. The third-order valence-electron chi connectivity index (χ3n) is 5.39. The molecule has 2 aromatic carbocycles. The SMILES string of the molecule is Cc1ccc(-c2cc(C(=O)NCc3cn4ccsc4n3)cc(-n3nnnc3C(C)C)c2)cc1. The highest BCUT2D eigenvalue weighted by Gasteiger charge is 2.16. The van der Waals surface area contributed by atoms with Crippen LogP contribution in [0.15, 0.2) is 60.2 Å². The molecule has 5 aromatic rings. The Morgan fingerprint density at radius 1 is 1.12 bits per heavy atom. The summed E-state index contributed by atoms with van der Waals surface area (Å²) in [6.07, 6.45) is 3.88. The topological polar surface area (TPSA) is 90.0 Å². The molecule has 33 heavy (non-hydrogen) atoms. The Kier molecular flexibility index (Phi) is 5.47. The first-order chi connectivity index (χ1) is 16.0. The molecular formula is C24H23N7OS. The number of hydrogen-bond donors (Lipinski definition) is 1. The molecule has 0 bridgehead atoms. The van der Waals surface area contributed by atoms with Crippen LogP contribution in [0.1, 0.15) is 47.2 Å². The van der Waals surface area contributed by atoms with Gasteiger partial charge in [-0.2, -0.15) is 4.68 Å². The van der Waals surface area contributed by atoms with Gasteiger partial charge >= 0.3 is 0 Å². The lowest BCUT2D eigenvalue weighted by Gasteiger charge is -2.12. The third-order valence-corrected chi connectivity index (χ3v) is 6.16. The van der Waals surface area contributed by atoms with Gasteiger partial charge in [-0.1, -0.05) is 43.7 Å². The highest BCUT2D eigenvalue weighted by molar-refractivity contribution is 7.15. The molecule has 3 aromatic heterocycles. The van der Waals surface area contributed by atoms with E-state index in [1.54, 1.807) is 16.0 Å². The second kappa shape index (κ2) is 8.59. The van der Waals surface area contributed by atoms with Crippen molar-refractivity contribution in [1.82, 2.24) is 34.9 Å². The number of imidazole rings is 1. The summed E-state index contributed by atoms with van der Waals surface area (Å²) in [5.74, 6) is 0.691. The minimum absolute atomic E-state index is 0.134. The van der Waals surface area contributed by atoms with Gasteiger partial charge in [0.1, 0.15) is 0 Å². The summed E-state index contributed by atoms with van der Waals surface area (Å²) in [6, 6.07) is 13.9. The van der Waals surface area contributed by atoms with E-state index in [1.807, 2.05) is 54.2 Å². The van der Waals surface area contributed by atoms with Crippen molar-refractivity contribution in [3.63, 3.8) is 0 Å². The van der Waals surface area contributed by atoms with Gasteiger partial charge in [-0.15, -0.1) is 16.4 Å². The van der Waals surface area contributed by atoms with Crippen LogP contribution in [-0.2, 0) is 6.54 Å². The average molecular weight is 458 g/mol. The number of carbonyl (C=O) groups is 1. The van der Waals surface area contributed by atoms with Crippen LogP contribution in [0.25, 0.3) is 21.8 Å². The number of amides is 1. The quantitative estimate of drug-likeness (QED) is 0.408. The van der Waals surface area contributed by atoms with Crippen LogP contribution in [0, 0.1) is 6.92 Å². The lowest BCUT2D eigenvalue weighted by Crippen LogP contribution is -2.23. The summed E-state index contributed by atoms with van der Waals surface area (Å²) in [5.41, 5.74) is 5.21. The van der Waals surface area contributed by atoms with E-state index < -0.39 is 0 Å². The van der Waals surface area contributed by atoms with Crippen molar-refractivity contribution in [2.75, 3.05) is 0 Å². The highest BCUT2D eigenvalue weighted by Crippen LogP contribution is 2.26. The van der Waals surface area contributed by atoms with Crippen LogP contribution in [0.5, 0.6) is 0 Å². The van der Waals surface area contributed by atoms with E-state index >= 15 is 0 Å². The number of benzene rings is 2. The Bertz CT molecular complexity index is 1400. The van der Waals surface area contributed by atoms with Crippen molar-refractivity contribution in [1.29, 1.82) is 0 Å². The fourth-order valence-electron chi connectivity index (χ4n) is 3.65. The first kappa shape index (κ1) is 21.0. The normalized spacial score (nSPS) is 11.4. The zero-order chi connectivity index (χ0) is 22.9. The Morgan fingerprint density at radius 2 is 1.94 bits per heavy atom. The number of tetrazole rings is 1. The molecule has 0 aliphatic heterocycles. The molecule has 0 spiro atoms. The lowest BCUT2D eigenvalue weighted by molar-refractivity contribution is 0.0950. The molecule has 1 N–H and O–H groups in total. The molecule has 0 unspecified atom stereocenters. The van der Waals surface area contributed by atoms with Gasteiger partial charge in [0, 0.05) is 29.3 Å². The van der Waals surface area contributed by atoms with Crippen LogP contribution in [0.3, 0.4) is 0 Å². The Morgan fingerprint density at radius 3 is 2.70 bits per heavy atom. The maximum Gasteiger partial charge on any atom is 0.251 e. The molecule has 9 heteroatoms. The number of hydrogen-bond acceptors (Lipinski definition) is 6. The molecule has 0 aliphatic carbocycles. The minimum atomic E-state index is -0.180. The number of aromatic nitrogens is 6. The van der Waals surface area contributed by atoms with Gasteiger partial charge in [0.2, 0.25) is 0 Å². The Hall–Kier alpha value is -3.85. The first-order valence-corrected chi connectivity index (χ1v) is 11.6. The molecule has 1 amide bonds. The molecule has 0 atom stereocenters. The fourth-order valence-corrected chi connectivity index (χ4v) is 4.37. The van der Waals surface area contributed by atoms with Crippen LogP contribution in [-0.4, -0.2) is 35.5 Å². The zero-order valence-electron chi connectivity index (χ0n) is 18.6. The van der Waals surface area contributed by atoms with Crippen molar-refractivity contribution in [3.05, 3.63) is 82.9 Å². The van der Waals surface area contributed by atoms with E-state index in [0.717, 1.165) is 33.3 Å². The summed E-state index contributed by atoms with van der Waals surface area (Å²) < 4.78 is 3.65. The number of rotatable bonds is 6. The molecule has 0 radical (unpaired) electrons. The van der Waals surface area contributed by atoms with E-state index in [0.29, 0.717) is 12.1 Å². The summed E-state index contributed by atoms with van der Waals surface area (Å²) in [6.45, 7) is 6.47. The largest absolute Gasteiger partial charge is 0.346 e. The monoisotopic (exact) mass is 457 g/mol. The first-order valence-electron chi connectivity index (χ1n) is 10.7. The van der Waals surface area contributed by atoms with E-state index in [2.05, 4.69) is 57.0 Å².